The second kappa shape index (κ2) is 17.8. The monoisotopic (exact) mass is 860 g/mol. The first-order chi connectivity index (χ1) is 29.9. The molecule has 2 aromatic carbocycles. The number of nitrogens with zero attached hydrogens (tertiary/aromatic N) is 6. The van der Waals surface area contributed by atoms with Crippen LogP contribution in [0.25, 0.3) is 50.0 Å². The van der Waals surface area contributed by atoms with Crippen molar-refractivity contribution < 1.29 is 28.7 Å². The number of H-pyrrole nitrogens is 2. The lowest BCUT2D eigenvalue weighted by Gasteiger charge is -2.30. The van der Waals surface area contributed by atoms with Gasteiger partial charge in [0, 0.05) is 30.2 Å². The minimum Gasteiger partial charge on any atom is -0.453 e. The quantitative estimate of drug-likeness (QED) is 0.0960. The predicted molar refractivity (Wildman–Crippen MR) is 235 cm³/mol. The molecule has 2 fully saturated rings. The van der Waals surface area contributed by atoms with Gasteiger partial charge in [0.2, 0.25) is 11.8 Å². The van der Waals surface area contributed by atoms with Crippen LogP contribution in [-0.2, 0) is 19.1 Å². The van der Waals surface area contributed by atoms with Gasteiger partial charge in [0.05, 0.1) is 61.5 Å². The van der Waals surface area contributed by atoms with Gasteiger partial charge in [-0.3, -0.25) is 14.0 Å². The number of amides is 4. The van der Waals surface area contributed by atoms with Gasteiger partial charge >= 0.3 is 12.2 Å². The molecule has 2 unspecified atom stereocenters. The summed E-state index contributed by atoms with van der Waals surface area (Å²) < 4.78 is 11.7. The first-order valence-corrected chi connectivity index (χ1v) is 21.9. The number of aromatic amines is 2. The highest BCUT2D eigenvalue weighted by Gasteiger charge is 2.39. The standard InChI is InChI=1S/C45H52N10O6S/c1-25(2)37(51-44(58)60-5)41(56)53-19-7-9-34(53)39-46-21-31(48-39)27-11-13-29(14-12-27)33-23-55-36(24-62-43(55)50-33)30-17-15-28(16-18-30)32-22-47-40(49-32)35-10-8-20-54(35)42(57)38(26(3)4)52-45(59)61-6/h11-18,21-26,34-35,37-38H,7-10,19-20H2,1-6H3,(H,46,48)(H,47,49)(H,51,58)(H,52,59)/t34-,35?,37-,38?/m0/s1. The highest BCUT2D eigenvalue weighted by Crippen LogP contribution is 2.36. The fraction of sp³-hybridized carbons (Fsp3) is 0.400. The summed E-state index contributed by atoms with van der Waals surface area (Å²) in [7, 11) is 2.58. The molecule has 6 heterocycles. The van der Waals surface area contributed by atoms with Crippen LogP contribution in [0.3, 0.4) is 0 Å². The van der Waals surface area contributed by atoms with Crippen LogP contribution in [0.5, 0.6) is 0 Å². The van der Waals surface area contributed by atoms with Crippen molar-refractivity contribution in [2.75, 3.05) is 27.3 Å². The van der Waals surface area contributed by atoms with Crippen LogP contribution in [0.2, 0.25) is 0 Å². The van der Waals surface area contributed by atoms with Crippen LogP contribution in [0, 0.1) is 11.8 Å². The van der Waals surface area contributed by atoms with Gasteiger partial charge in [-0.15, -0.1) is 11.3 Å². The largest absolute Gasteiger partial charge is 0.453 e. The summed E-state index contributed by atoms with van der Waals surface area (Å²) in [6, 6.07) is 14.7. The van der Waals surface area contributed by atoms with Gasteiger partial charge in [-0.1, -0.05) is 76.2 Å². The van der Waals surface area contributed by atoms with Crippen molar-refractivity contribution in [2.24, 2.45) is 11.8 Å². The summed E-state index contributed by atoms with van der Waals surface area (Å²) in [5.41, 5.74) is 7.55. The molecule has 2 aliphatic heterocycles. The smallest absolute Gasteiger partial charge is 0.407 e. The molecule has 2 aliphatic rings. The highest BCUT2D eigenvalue weighted by molar-refractivity contribution is 7.15. The van der Waals surface area contributed by atoms with Gasteiger partial charge in [-0.05, 0) is 54.2 Å². The number of benzene rings is 2. The van der Waals surface area contributed by atoms with E-state index < -0.39 is 24.3 Å². The van der Waals surface area contributed by atoms with E-state index in [1.54, 1.807) is 17.5 Å². The maximum Gasteiger partial charge on any atom is 0.407 e. The van der Waals surface area contributed by atoms with Gasteiger partial charge in [0.1, 0.15) is 23.7 Å². The zero-order valence-electron chi connectivity index (χ0n) is 35.7. The average molecular weight is 861 g/mol. The molecule has 4 aromatic heterocycles. The van der Waals surface area contributed by atoms with Crippen molar-refractivity contribution >= 4 is 40.3 Å². The van der Waals surface area contributed by atoms with Crippen molar-refractivity contribution in [3.8, 4) is 45.0 Å². The molecule has 0 spiro atoms. The van der Waals surface area contributed by atoms with Crippen molar-refractivity contribution in [1.29, 1.82) is 0 Å². The second-order valence-electron chi connectivity index (χ2n) is 16.5. The molecule has 0 radical (unpaired) electrons. The normalized spacial score (nSPS) is 17.5. The topological polar surface area (TPSA) is 192 Å². The van der Waals surface area contributed by atoms with E-state index in [9.17, 15) is 19.2 Å². The number of aromatic nitrogens is 6. The van der Waals surface area contributed by atoms with E-state index in [0.717, 1.165) is 87.3 Å². The first kappa shape index (κ1) is 42.2. The molecular weight excluding hydrogens is 809 g/mol. The molecule has 0 aliphatic carbocycles. The summed E-state index contributed by atoms with van der Waals surface area (Å²) in [6.07, 6.45) is 7.66. The molecule has 4 N–H and O–H groups in total. The summed E-state index contributed by atoms with van der Waals surface area (Å²) >= 11 is 1.58. The number of imidazole rings is 3. The number of likely N-dealkylation sites (tertiary alicyclic amines) is 2. The fourth-order valence-electron chi connectivity index (χ4n) is 8.46. The maximum absolute atomic E-state index is 13.6. The Balaban J connectivity index is 0.935. The molecule has 0 bridgehead atoms. The van der Waals surface area contributed by atoms with Crippen molar-refractivity contribution in [3.63, 3.8) is 0 Å². The minimum atomic E-state index is -0.693. The second-order valence-corrected chi connectivity index (χ2v) is 17.3. The number of hydrogen-bond donors (Lipinski definition) is 4. The van der Waals surface area contributed by atoms with Gasteiger partial charge in [0.15, 0.2) is 4.96 Å². The van der Waals surface area contributed by atoms with Crippen LogP contribution in [0.1, 0.15) is 77.1 Å². The third kappa shape index (κ3) is 8.40. The fourth-order valence-corrected chi connectivity index (χ4v) is 9.35. The first-order valence-electron chi connectivity index (χ1n) is 21.0. The summed E-state index contributed by atoms with van der Waals surface area (Å²) in [5, 5.41) is 7.51. The number of alkyl carbamates (subject to hydrolysis) is 2. The molecule has 324 valence electrons. The predicted octanol–water partition coefficient (Wildman–Crippen LogP) is 7.60. The summed E-state index contributed by atoms with van der Waals surface area (Å²) in [6.45, 7) is 8.79. The number of carbonyl (C=O) groups is 4. The SMILES string of the molecule is COC(=O)NC(C(=O)N1CCCC1c1ncc(-c2ccc(-c3csc4nc(-c5ccc(-c6cnc([C@@H]7CCCN7C(=O)[C@@H](NC(=O)OC)C(C)C)[nH]6)cc5)cn34)cc2)[nH]1)C(C)C. The molecule has 17 heteroatoms. The zero-order valence-corrected chi connectivity index (χ0v) is 36.5. The average Bonchev–Trinajstić information content (AvgIpc) is 4.13. The Morgan fingerprint density at radius 1 is 0.694 bits per heavy atom. The van der Waals surface area contributed by atoms with Gasteiger partial charge in [-0.2, -0.15) is 0 Å². The van der Waals surface area contributed by atoms with E-state index in [4.69, 9.17) is 19.4 Å². The Morgan fingerprint density at radius 2 is 1.15 bits per heavy atom. The van der Waals surface area contributed by atoms with Gasteiger partial charge < -0.3 is 39.9 Å². The number of ether oxygens (including phenoxy) is 2. The lowest BCUT2D eigenvalue weighted by Crippen LogP contribution is -2.51. The molecule has 4 amide bonds. The van der Waals surface area contributed by atoms with Crippen LogP contribution >= 0.6 is 11.3 Å². The van der Waals surface area contributed by atoms with Crippen molar-refractivity contribution in [2.45, 2.75) is 77.5 Å². The van der Waals surface area contributed by atoms with Crippen molar-refractivity contribution in [1.82, 2.24) is 49.8 Å². The minimum absolute atomic E-state index is 0.109. The molecule has 8 rings (SSSR count). The zero-order chi connectivity index (χ0) is 43.7. The maximum atomic E-state index is 13.6. The Morgan fingerprint density at radius 3 is 1.60 bits per heavy atom. The number of hydrogen-bond acceptors (Lipinski definition) is 10. The molecule has 0 saturated carbocycles. The third-order valence-electron chi connectivity index (χ3n) is 11.9. The number of rotatable bonds is 12. The van der Waals surface area contributed by atoms with Crippen LogP contribution in [-0.4, -0.2) is 103 Å². The Bertz CT molecular complexity index is 2560. The van der Waals surface area contributed by atoms with E-state index in [1.165, 1.54) is 14.2 Å². The Hall–Kier alpha value is -6.49. The van der Waals surface area contributed by atoms with E-state index in [0.29, 0.717) is 13.1 Å². The van der Waals surface area contributed by atoms with E-state index in [2.05, 4.69) is 78.0 Å². The highest BCUT2D eigenvalue weighted by atomic mass is 32.1. The lowest BCUT2D eigenvalue weighted by atomic mass is 10.0. The number of carbonyl (C=O) groups excluding carboxylic acids is 4. The molecule has 4 atom stereocenters. The van der Waals surface area contributed by atoms with E-state index in [1.807, 2.05) is 55.8 Å². The Labute approximate surface area is 363 Å². The third-order valence-corrected chi connectivity index (χ3v) is 12.7. The molecule has 16 nitrogen and oxygen atoms in total. The Kier molecular flexibility index (Phi) is 12.2. The van der Waals surface area contributed by atoms with Crippen LogP contribution in [0.4, 0.5) is 9.59 Å². The van der Waals surface area contributed by atoms with E-state index >= 15 is 0 Å². The number of fused-ring (bicyclic) bond motifs is 1. The molecular formula is C45H52N10O6S. The lowest BCUT2D eigenvalue weighted by molar-refractivity contribution is -0.136. The summed E-state index contributed by atoms with van der Waals surface area (Å²) in [4.78, 5) is 76.9. The van der Waals surface area contributed by atoms with Crippen LogP contribution < -0.4 is 10.6 Å². The number of nitrogens with one attached hydrogen (secondary N) is 4. The molecule has 62 heavy (non-hydrogen) atoms. The number of thiazole rings is 1. The van der Waals surface area contributed by atoms with Crippen LogP contribution in [0.15, 0.2) is 72.5 Å². The molecule has 6 aromatic rings. The van der Waals surface area contributed by atoms with Gasteiger partial charge in [-0.25, -0.2) is 24.5 Å². The molecule has 2 saturated heterocycles. The van der Waals surface area contributed by atoms with Crippen molar-refractivity contribution in [3.05, 3.63) is 84.2 Å². The number of methoxy groups -OCH3 is 2. The van der Waals surface area contributed by atoms with E-state index in [-0.39, 0.29) is 35.7 Å². The van der Waals surface area contributed by atoms with Gasteiger partial charge in [0.25, 0.3) is 0 Å². The summed E-state index contributed by atoms with van der Waals surface area (Å²) in [5.74, 6) is 0.938.